The molecule has 1 N–H and O–H groups in total. The largest absolute Gasteiger partial charge is 0.484 e. The van der Waals surface area contributed by atoms with Crippen LogP contribution in [0.1, 0.15) is 21.9 Å². The Morgan fingerprint density at radius 1 is 1.03 bits per heavy atom. The van der Waals surface area contributed by atoms with Gasteiger partial charge in [-0.3, -0.25) is 14.9 Å². The number of carbonyl (C=O) groups excluding carboxylic acids is 1. The summed E-state index contributed by atoms with van der Waals surface area (Å²) >= 11 is 3.40. The van der Waals surface area contributed by atoms with E-state index in [-0.39, 0.29) is 29.5 Å². The molecule has 0 aliphatic carbocycles. The predicted octanol–water partition coefficient (Wildman–Crippen LogP) is 6.88. The molecule has 0 bridgehead atoms. The highest BCUT2D eigenvalue weighted by Gasteiger charge is 2.16. The molecule has 4 rings (SSSR count). The SMILES string of the molecule is Cc1ccc(Oc2cc(NC(=O)c3ccc(COc4ccccc4Br)o3)cc([N+](=O)[O-])c2)cc1. The maximum atomic E-state index is 12.7. The summed E-state index contributed by atoms with van der Waals surface area (Å²) in [5, 5.41) is 14.0. The highest BCUT2D eigenvalue weighted by Crippen LogP contribution is 2.30. The minimum absolute atomic E-state index is 0.0400. The van der Waals surface area contributed by atoms with Gasteiger partial charge in [-0.05, 0) is 59.3 Å². The minimum Gasteiger partial charge on any atom is -0.484 e. The van der Waals surface area contributed by atoms with Gasteiger partial charge in [-0.15, -0.1) is 0 Å². The molecule has 0 aliphatic rings. The molecule has 0 spiro atoms. The monoisotopic (exact) mass is 522 g/mol. The molecule has 0 saturated carbocycles. The summed E-state index contributed by atoms with van der Waals surface area (Å²) in [5.41, 5.74) is 1.03. The first-order valence-electron chi connectivity index (χ1n) is 10.2. The Morgan fingerprint density at radius 2 is 1.79 bits per heavy atom. The Labute approximate surface area is 203 Å². The molecule has 0 atom stereocenters. The van der Waals surface area contributed by atoms with Crippen LogP contribution < -0.4 is 14.8 Å². The second-order valence-corrected chi connectivity index (χ2v) is 8.18. The van der Waals surface area contributed by atoms with Crippen molar-refractivity contribution in [3.8, 4) is 17.2 Å². The van der Waals surface area contributed by atoms with Crippen molar-refractivity contribution in [2.45, 2.75) is 13.5 Å². The van der Waals surface area contributed by atoms with E-state index in [1.54, 1.807) is 24.3 Å². The molecule has 0 unspecified atom stereocenters. The summed E-state index contributed by atoms with van der Waals surface area (Å²) in [6.07, 6.45) is 0. The molecule has 3 aromatic carbocycles. The Hall–Kier alpha value is -4.11. The number of para-hydroxylation sites is 1. The first-order chi connectivity index (χ1) is 16.4. The molecule has 8 nitrogen and oxygen atoms in total. The van der Waals surface area contributed by atoms with E-state index in [1.807, 2.05) is 37.3 Å². The molecule has 34 heavy (non-hydrogen) atoms. The third-order valence-corrected chi connectivity index (χ3v) is 5.36. The lowest BCUT2D eigenvalue weighted by Crippen LogP contribution is -2.11. The maximum Gasteiger partial charge on any atom is 0.291 e. The number of ether oxygens (including phenoxy) is 2. The maximum absolute atomic E-state index is 12.7. The predicted molar refractivity (Wildman–Crippen MR) is 129 cm³/mol. The Balaban J connectivity index is 1.46. The van der Waals surface area contributed by atoms with Crippen LogP contribution in [-0.2, 0) is 6.61 Å². The number of nitro benzene ring substituents is 1. The zero-order valence-electron chi connectivity index (χ0n) is 18.0. The molecule has 1 heterocycles. The minimum atomic E-state index is -0.561. The van der Waals surface area contributed by atoms with Gasteiger partial charge in [0.25, 0.3) is 11.6 Å². The highest BCUT2D eigenvalue weighted by atomic mass is 79.9. The molecule has 0 fully saturated rings. The summed E-state index contributed by atoms with van der Waals surface area (Å²) in [4.78, 5) is 23.5. The van der Waals surface area contributed by atoms with Gasteiger partial charge in [0.05, 0.1) is 21.1 Å². The Bertz CT molecular complexity index is 1330. The molecule has 0 aliphatic heterocycles. The van der Waals surface area contributed by atoms with Crippen molar-refractivity contribution in [2.75, 3.05) is 5.32 Å². The van der Waals surface area contributed by atoms with Crippen LogP contribution in [0.5, 0.6) is 17.2 Å². The molecule has 1 amide bonds. The second kappa shape index (κ2) is 10.2. The lowest BCUT2D eigenvalue weighted by Gasteiger charge is -2.09. The van der Waals surface area contributed by atoms with Gasteiger partial charge in [0, 0.05) is 12.1 Å². The lowest BCUT2D eigenvalue weighted by atomic mass is 10.2. The van der Waals surface area contributed by atoms with Crippen LogP contribution in [0.2, 0.25) is 0 Å². The number of hydrogen-bond acceptors (Lipinski definition) is 6. The molecule has 1 aromatic heterocycles. The van der Waals surface area contributed by atoms with Gasteiger partial charge in [0.15, 0.2) is 5.76 Å². The van der Waals surface area contributed by atoms with E-state index in [4.69, 9.17) is 13.9 Å². The average Bonchev–Trinajstić information content (AvgIpc) is 3.29. The van der Waals surface area contributed by atoms with Crippen LogP contribution in [0.15, 0.2) is 87.8 Å². The van der Waals surface area contributed by atoms with Gasteiger partial charge in [-0.2, -0.15) is 0 Å². The number of halogens is 1. The Kier molecular flexibility index (Phi) is 6.93. The van der Waals surface area contributed by atoms with Crippen molar-refractivity contribution in [3.05, 3.63) is 111 Å². The van der Waals surface area contributed by atoms with Crippen molar-refractivity contribution < 1.29 is 23.6 Å². The van der Waals surface area contributed by atoms with Crippen molar-refractivity contribution >= 4 is 33.2 Å². The van der Waals surface area contributed by atoms with Gasteiger partial charge < -0.3 is 19.2 Å². The fourth-order valence-electron chi connectivity index (χ4n) is 3.04. The molecule has 172 valence electrons. The lowest BCUT2D eigenvalue weighted by molar-refractivity contribution is -0.384. The number of carbonyl (C=O) groups is 1. The fraction of sp³-hybridized carbons (Fsp3) is 0.0800. The van der Waals surface area contributed by atoms with E-state index in [9.17, 15) is 14.9 Å². The van der Waals surface area contributed by atoms with E-state index in [0.29, 0.717) is 17.3 Å². The van der Waals surface area contributed by atoms with Gasteiger partial charge in [-0.1, -0.05) is 29.8 Å². The number of amides is 1. The highest BCUT2D eigenvalue weighted by molar-refractivity contribution is 9.10. The number of hydrogen-bond donors (Lipinski definition) is 1. The molecular formula is C25H19BrN2O6. The number of non-ortho nitro benzene ring substituents is 1. The number of benzene rings is 3. The van der Waals surface area contributed by atoms with Crippen LogP contribution in [0, 0.1) is 17.0 Å². The van der Waals surface area contributed by atoms with E-state index in [0.717, 1.165) is 10.0 Å². The zero-order valence-corrected chi connectivity index (χ0v) is 19.6. The van der Waals surface area contributed by atoms with E-state index < -0.39 is 10.8 Å². The van der Waals surface area contributed by atoms with E-state index in [1.165, 1.54) is 24.3 Å². The van der Waals surface area contributed by atoms with Crippen LogP contribution in [0.4, 0.5) is 11.4 Å². The number of nitrogens with zero attached hydrogens (tertiary/aromatic N) is 1. The average molecular weight is 523 g/mol. The summed E-state index contributed by atoms with van der Waals surface area (Å²) in [6.45, 7) is 2.07. The van der Waals surface area contributed by atoms with Gasteiger partial charge in [-0.25, -0.2) is 0 Å². The molecular weight excluding hydrogens is 504 g/mol. The second-order valence-electron chi connectivity index (χ2n) is 7.33. The van der Waals surface area contributed by atoms with Gasteiger partial charge >= 0.3 is 0 Å². The fourth-order valence-corrected chi connectivity index (χ4v) is 3.44. The molecule has 0 radical (unpaired) electrons. The summed E-state index contributed by atoms with van der Waals surface area (Å²) in [6, 6.07) is 21.8. The van der Waals surface area contributed by atoms with Crippen molar-refractivity contribution in [1.29, 1.82) is 0 Å². The number of nitro groups is 1. The number of rotatable bonds is 8. The standard InChI is InChI=1S/C25H19BrN2O6/c1-16-6-8-19(9-7-16)33-21-13-17(12-18(14-21)28(30)31)27-25(29)24-11-10-20(34-24)15-32-23-5-3-2-4-22(23)26/h2-14H,15H2,1H3,(H,27,29). The normalized spacial score (nSPS) is 10.5. The van der Waals surface area contributed by atoms with Crippen molar-refractivity contribution in [3.63, 3.8) is 0 Å². The van der Waals surface area contributed by atoms with Gasteiger partial charge in [0.2, 0.25) is 0 Å². The van der Waals surface area contributed by atoms with Crippen molar-refractivity contribution in [1.82, 2.24) is 0 Å². The zero-order chi connectivity index (χ0) is 24.1. The Morgan fingerprint density at radius 3 is 2.53 bits per heavy atom. The van der Waals surface area contributed by atoms with Crippen LogP contribution in [0.25, 0.3) is 0 Å². The molecule has 9 heteroatoms. The van der Waals surface area contributed by atoms with Crippen molar-refractivity contribution in [2.24, 2.45) is 0 Å². The number of furan rings is 1. The van der Waals surface area contributed by atoms with Crippen LogP contribution >= 0.6 is 15.9 Å². The number of nitrogens with one attached hydrogen (secondary N) is 1. The number of aryl methyl sites for hydroxylation is 1. The summed E-state index contributed by atoms with van der Waals surface area (Å²) in [5.74, 6) is 1.30. The first-order valence-corrected chi connectivity index (χ1v) is 11.0. The topological polar surface area (TPSA) is 104 Å². The van der Waals surface area contributed by atoms with E-state index >= 15 is 0 Å². The molecule has 0 saturated heterocycles. The van der Waals surface area contributed by atoms with Crippen LogP contribution in [0.3, 0.4) is 0 Å². The quantitative estimate of drug-likeness (QED) is 0.199. The third kappa shape index (κ3) is 5.81. The molecule has 4 aromatic rings. The summed E-state index contributed by atoms with van der Waals surface area (Å²) in [7, 11) is 0. The van der Waals surface area contributed by atoms with Crippen LogP contribution in [-0.4, -0.2) is 10.8 Å². The smallest absolute Gasteiger partial charge is 0.291 e. The van der Waals surface area contributed by atoms with Gasteiger partial charge in [0.1, 0.15) is 29.6 Å². The third-order valence-electron chi connectivity index (χ3n) is 4.71. The summed E-state index contributed by atoms with van der Waals surface area (Å²) < 4.78 is 17.8. The first kappa shape index (κ1) is 23.1. The number of anilines is 1. The van der Waals surface area contributed by atoms with E-state index in [2.05, 4.69) is 21.2 Å².